The standard InChI is InChI=1S/C18H24N2O3/c1-17(2)8-13-9-18(3,10-17)11-20(13)16(23)15(22)19-12-4-6-14(21)7-5-12/h4-7,13,21H,8-11H2,1-3H3,(H,19,22). The van der Waals surface area contributed by atoms with Crippen molar-refractivity contribution in [2.45, 2.75) is 46.1 Å². The van der Waals surface area contributed by atoms with Gasteiger partial charge < -0.3 is 15.3 Å². The van der Waals surface area contributed by atoms with Gasteiger partial charge in [-0.2, -0.15) is 0 Å². The predicted molar refractivity (Wildman–Crippen MR) is 88.0 cm³/mol. The smallest absolute Gasteiger partial charge is 0.313 e. The Morgan fingerprint density at radius 1 is 1.17 bits per heavy atom. The first kappa shape index (κ1) is 15.8. The Morgan fingerprint density at radius 2 is 1.83 bits per heavy atom. The van der Waals surface area contributed by atoms with Gasteiger partial charge in [-0.3, -0.25) is 9.59 Å². The van der Waals surface area contributed by atoms with Gasteiger partial charge in [0, 0.05) is 18.3 Å². The molecule has 0 spiro atoms. The maximum Gasteiger partial charge on any atom is 0.313 e. The zero-order chi connectivity index (χ0) is 16.8. The van der Waals surface area contributed by atoms with Gasteiger partial charge in [0.2, 0.25) is 0 Å². The molecule has 1 saturated carbocycles. The fraction of sp³-hybridized carbons (Fsp3) is 0.556. The molecule has 3 rings (SSSR count). The number of aromatic hydroxyl groups is 1. The highest BCUT2D eigenvalue weighted by Gasteiger charge is 2.51. The van der Waals surface area contributed by atoms with Crippen LogP contribution in [0.25, 0.3) is 0 Å². The van der Waals surface area contributed by atoms with E-state index in [1.54, 1.807) is 17.0 Å². The SMILES string of the molecule is CC1(C)CC2CC(C)(CN2C(=O)C(=O)Nc2ccc(O)cc2)C1. The highest BCUT2D eigenvalue weighted by atomic mass is 16.3. The second-order valence-electron chi connectivity index (χ2n) is 8.15. The third-order valence-electron chi connectivity index (χ3n) is 5.00. The zero-order valence-electron chi connectivity index (χ0n) is 13.9. The fourth-order valence-electron chi connectivity index (χ4n) is 4.56. The van der Waals surface area contributed by atoms with Crippen LogP contribution in [0, 0.1) is 10.8 Å². The molecular formula is C18H24N2O3. The monoisotopic (exact) mass is 316 g/mol. The van der Waals surface area contributed by atoms with E-state index in [4.69, 9.17) is 0 Å². The lowest BCUT2D eigenvalue weighted by atomic mass is 9.65. The van der Waals surface area contributed by atoms with Crippen molar-refractivity contribution >= 4 is 17.5 Å². The number of phenolic OH excluding ortho intramolecular Hbond substituents is 1. The molecule has 5 nitrogen and oxygen atoms in total. The number of nitrogens with one attached hydrogen (secondary N) is 1. The Labute approximate surface area is 136 Å². The molecule has 2 amide bonds. The van der Waals surface area contributed by atoms with E-state index in [-0.39, 0.29) is 22.6 Å². The Morgan fingerprint density at radius 3 is 2.48 bits per heavy atom. The van der Waals surface area contributed by atoms with Crippen LogP contribution < -0.4 is 5.32 Å². The minimum Gasteiger partial charge on any atom is -0.508 e. The molecule has 2 atom stereocenters. The number of hydrogen-bond acceptors (Lipinski definition) is 3. The van der Waals surface area contributed by atoms with E-state index in [0.717, 1.165) is 19.3 Å². The Balaban J connectivity index is 1.71. The van der Waals surface area contributed by atoms with Crippen LogP contribution in [0.3, 0.4) is 0 Å². The maximum absolute atomic E-state index is 12.6. The molecule has 1 aliphatic heterocycles. The summed E-state index contributed by atoms with van der Waals surface area (Å²) >= 11 is 0. The molecule has 0 radical (unpaired) electrons. The summed E-state index contributed by atoms with van der Waals surface area (Å²) in [7, 11) is 0. The van der Waals surface area contributed by atoms with Crippen molar-refractivity contribution in [3.05, 3.63) is 24.3 Å². The van der Waals surface area contributed by atoms with Crippen molar-refractivity contribution in [3.8, 4) is 5.75 Å². The van der Waals surface area contributed by atoms with Gasteiger partial charge >= 0.3 is 11.8 Å². The van der Waals surface area contributed by atoms with Crippen molar-refractivity contribution in [1.29, 1.82) is 0 Å². The van der Waals surface area contributed by atoms with E-state index in [0.29, 0.717) is 12.2 Å². The van der Waals surface area contributed by atoms with Crippen LogP contribution >= 0.6 is 0 Å². The molecule has 124 valence electrons. The van der Waals surface area contributed by atoms with Crippen LogP contribution in [-0.4, -0.2) is 34.4 Å². The average molecular weight is 316 g/mol. The number of carbonyl (C=O) groups is 2. The fourth-order valence-corrected chi connectivity index (χ4v) is 4.56. The number of rotatable bonds is 1. The van der Waals surface area contributed by atoms with Crippen molar-refractivity contribution in [1.82, 2.24) is 4.90 Å². The number of amides is 2. The van der Waals surface area contributed by atoms with Crippen molar-refractivity contribution < 1.29 is 14.7 Å². The number of fused-ring (bicyclic) bond motifs is 2. The van der Waals surface area contributed by atoms with Gasteiger partial charge in [-0.15, -0.1) is 0 Å². The van der Waals surface area contributed by atoms with Crippen LogP contribution in [0.1, 0.15) is 40.0 Å². The average Bonchev–Trinajstić information content (AvgIpc) is 2.69. The molecule has 1 saturated heterocycles. The van der Waals surface area contributed by atoms with Crippen LogP contribution in [0.4, 0.5) is 5.69 Å². The van der Waals surface area contributed by atoms with Crippen molar-refractivity contribution in [2.75, 3.05) is 11.9 Å². The number of carbonyl (C=O) groups excluding carboxylic acids is 2. The molecule has 2 fully saturated rings. The number of nitrogens with zero attached hydrogens (tertiary/aromatic N) is 1. The quantitative estimate of drug-likeness (QED) is 0.618. The molecule has 0 aromatic heterocycles. The van der Waals surface area contributed by atoms with Crippen LogP contribution in [0.15, 0.2) is 24.3 Å². The highest BCUT2D eigenvalue weighted by molar-refractivity contribution is 6.39. The Kier molecular flexibility index (Phi) is 3.62. The predicted octanol–water partition coefficient (Wildman–Crippen LogP) is 2.76. The van der Waals surface area contributed by atoms with Crippen molar-refractivity contribution in [3.63, 3.8) is 0 Å². The van der Waals surface area contributed by atoms with Gasteiger partial charge in [0.05, 0.1) is 0 Å². The molecule has 1 heterocycles. The van der Waals surface area contributed by atoms with Gasteiger partial charge in [0.25, 0.3) is 0 Å². The lowest BCUT2D eigenvalue weighted by molar-refractivity contribution is -0.144. The molecule has 1 aliphatic carbocycles. The molecular weight excluding hydrogens is 292 g/mol. The Bertz CT molecular complexity index is 638. The summed E-state index contributed by atoms with van der Waals surface area (Å²) in [5, 5.41) is 11.9. The third kappa shape index (κ3) is 3.19. The largest absolute Gasteiger partial charge is 0.508 e. The molecule has 5 heteroatoms. The second-order valence-corrected chi connectivity index (χ2v) is 8.15. The molecule has 1 aromatic rings. The van der Waals surface area contributed by atoms with Crippen LogP contribution in [0.2, 0.25) is 0 Å². The summed E-state index contributed by atoms with van der Waals surface area (Å²) in [6.07, 6.45) is 3.01. The van der Waals surface area contributed by atoms with E-state index in [9.17, 15) is 14.7 Å². The normalized spacial score (nSPS) is 28.5. The first-order chi connectivity index (χ1) is 10.7. The Hall–Kier alpha value is -2.04. The lowest BCUT2D eigenvalue weighted by Gasteiger charge is -2.39. The van der Waals surface area contributed by atoms with Gasteiger partial charge in [-0.25, -0.2) is 0 Å². The second kappa shape index (κ2) is 5.25. The van der Waals surface area contributed by atoms with Gasteiger partial charge in [0.1, 0.15) is 5.75 Å². The number of benzene rings is 1. The zero-order valence-corrected chi connectivity index (χ0v) is 13.9. The summed E-state index contributed by atoms with van der Waals surface area (Å²) in [6, 6.07) is 6.27. The van der Waals surface area contributed by atoms with E-state index in [1.165, 1.54) is 12.1 Å². The molecule has 2 N–H and O–H groups in total. The highest BCUT2D eigenvalue weighted by Crippen LogP contribution is 2.52. The van der Waals surface area contributed by atoms with E-state index >= 15 is 0 Å². The molecule has 2 bridgehead atoms. The van der Waals surface area contributed by atoms with Gasteiger partial charge in [0.15, 0.2) is 0 Å². The number of anilines is 1. The van der Waals surface area contributed by atoms with E-state index in [2.05, 4.69) is 26.1 Å². The third-order valence-corrected chi connectivity index (χ3v) is 5.00. The minimum absolute atomic E-state index is 0.112. The molecule has 1 aromatic carbocycles. The first-order valence-corrected chi connectivity index (χ1v) is 8.09. The van der Waals surface area contributed by atoms with E-state index in [1.807, 2.05) is 0 Å². The summed E-state index contributed by atoms with van der Waals surface area (Å²) in [6.45, 7) is 7.35. The minimum atomic E-state index is -0.607. The summed E-state index contributed by atoms with van der Waals surface area (Å²) in [5.74, 6) is -0.938. The molecule has 2 unspecified atom stereocenters. The summed E-state index contributed by atoms with van der Waals surface area (Å²) in [4.78, 5) is 26.6. The number of likely N-dealkylation sites (tertiary alicyclic amines) is 1. The van der Waals surface area contributed by atoms with Gasteiger partial charge in [-0.05, 0) is 54.4 Å². The van der Waals surface area contributed by atoms with Crippen molar-refractivity contribution in [2.24, 2.45) is 10.8 Å². The lowest BCUT2D eigenvalue weighted by Crippen LogP contribution is -2.43. The molecule has 23 heavy (non-hydrogen) atoms. The number of hydrogen-bond donors (Lipinski definition) is 2. The van der Waals surface area contributed by atoms with Crippen LogP contribution in [-0.2, 0) is 9.59 Å². The first-order valence-electron chi connectivity index (χ1n) is 8.09. The number of phenols is 1. The van der Waals surface area contributed by atoms with Crippen LogP contribution in [0.5, 0.6) is 5.75 Å². The summed E-state index contributed by atoms with van der Waals surface area (Å²) in [5.41, 5.74) is 0.830. The summed E-state index contributed by atoms with van der Waals surface area (Å²) < 4.78 is 0. The van der Waals surface area contributed by atoms with Gasteiger partial charge in [-0.1, -0.05) is 20.8 Å². The van der Waals surface area contributed by atoms with E-state index < -0.39 is 11.8 Å². The topological polar surface area (TPSA) is 69.6 Å². The molecule has 2 aliphatic rings. The maximum atomic E-state index is 12.6.